The summed E-state index contributed by atoms with van der Waals surface area (Å²) in [6.45, 7) is 4.02. The first-order valence-electron chi connectivity index (χ1n) is 11.1. The van der Waals surface area contributed by atoms with Gasteiger partial charge in [0.2, 0.25) is 23.6 Å². The van der Waals surface area contributed by atoms with Crippen LogP contribution in [0.4, 0.5) is 0 Å². The van der Waals surface area contributed by atoms with Gasteiger partial charge in [0.15, 0.2) is 0 Å². The van der Waals surface area contributed by atoms with Crippen LogP contribution in [-0.4, -0.2) is 82.3 Å². The molecule has 0 aromatic carbocycles. The van der Waals surface area contributed by atoms with Crippen LogP contribution in [0, 0.1) is 5.92 Å². The fourth-order valence-electron chi connectivity index (χ4n) is 3.66. The minimum absolute atomic E-state index is 0.0539. The van der Waals surface area contributed by atoms with Crippen LogP contribution >= 0.6 is 11.8 Å². The average Bonchev–Trinajstić information content (AvgIpc) is 3.23. The Morgan fingerprint density at radius 3 is 2.27 bits per heavy atom. The molecular weight excluding hydrogens is 450 g/mol. The molecule has 33 heavy (non-hydrogen) atoms. The Morgan fingerprint density at radius 1 is 1.09 bits per heavy atom. The summed E-state index contributed by atoms with van der Waals surface area (Å²) < 4.78 is 0. The summed E-state index contributed by atoms with van der Waals surface area (Å²) >= 11 is 1.56. The first kappa shape index (κ1) is 28.7. The number of nitrogens with one attached hydrogen (secondary N) is 2. The largest absolute Gasteiger partial charge is 0.480 e. The van der Waals surface area contributed by atoms with E-state index in [9.17, 15) is 29.1 Å². The summed E-state index contributed by atoms with van der Waals surface area (Å²) in [6, 6.07) is -3.82. The summed E-state index contributed by atoms with van der Waals surface area (Å²) in [5.41, 5.74) is 11.1. The minimum Gasteiger partial charge on any atom is -0.480 e. The molecule has 4 unspecified atom stereocenters. The zero-order chi connectivity index (χ0) is 25.1. The van der Waals surface area contributed by atoms with Crippen molar-refractivity contribution in [3.63, 3.8) is 0 Å². The molecule has 0 saturated carbocycles. The summed E-state index contributed by atoms with van der Waals surface area (Å²) in [5.74, 6) is -2.66. The van der Waals surface area contributed by atoms with E-state index in [0.29, 0.717) is 31.4 Å². The van der Waals surface area contributed by atoms with Gasteiger partial charge < -0.3 is 32.1 Å². The Bertz CT molecular complexity index is 719. The van der Waals surface area contributed by atoms with Crippen molar-refractivity contribution >= 4 is 41.4 Å². The highest BCUT2D eigenvalue weighted by atomic mass is 32.2. The molecule has 1 fully saturated rings. The number of nitrogens with two attached hydrogens (primary N) is 2. The van der Waals surface area contributed by atoms with Crippen molar-refractivity contribution in [2.24, 2.45) is 17.4 Å². The van der Waals surface area contributed by atoms with Crippen LogP contribution in [0.1, 0.15) is 52.4 Å². The molecule has 0 aliphatic carbocycles. The van der Waals surface area contributed by atoms with Crippen LogP contribution in [0.3, 0.4) is 0 Å². The zero-order valence-electron chi connectivity index (χ0n) is 19.5. The maximum atomic E-state index is 13.1. The van der Waals surface area contributed by atoms with E-state index < -0.39 is 53.8 Å². The number of carboxylic acid groups (broad SMARTS) is 1. The highest BCUT2D eigenvalue weighted by molar-refractivity contribution is 7.98. The summed E-state index contributed by atoms with van der Waals surface area (Å²) in [4.78, 5) is 62.7. The number of carbonyl (C=O) groups is 5. The molecule has 188 valence electrons. The fraction of sp³-hybridized carbons (Fsp3) is 0.762. The maximum absolute atomic E-state index is 13.1. The lowest BCUT2D eigenvalue weighted by Crippen LogP contribution is -2.57. The van der Waals surface area contributed by atoms with Crippen LogP contribution in [0.25, 0.3) is 0 Å². The van der Waals surface area contributed by atoms with Gasteiger partial charge in [0, 0.05) is 13.0 Å². The smallest absolute Gasteiger partial charge is 0.326 e. The number of thioether (sulfide) groups is 1. The van der Waals surface area contributed by atoms with Crippen LogP contribution in [0.2, 0.25) is 0 Å². The second kappa shape index (κ2) is 14.0. The molecule has 1 aliphatic heterocycles. The number of carbonyl (C=O) groups excluding carboxylic acids is 4. The second-order valence-electron chi connectivity index (χ2n) is 8.67. The van der Waals surface area contributed by atoms with Gasteiger partial charge in [-0.05, 0) is 50.0 Å². The average molecular weight is 488 g/mol. The van der Waals surface area contributed by atoms with E-state index in [2.05, 4.69) is 10.6 Å². The fourth-order valence-corrected chi connectivity index (χ4v) is 4.15. The van der Waals surface area contributed by atoms with E-state index in [1.54, 1.807) is 11.8 Å². The quantitative estimate of drug-likeness (QED) is 0.215. The summed E-state index contributed by atoms with van der Waals surface area (Å²) in [7, 11) is 0. The molecule has 0 spiro atoms. The molecule has 4 amide bonds. The zero-order valence-corrected chi connectivity index (χ0v) is 20.4. The molecule has 4 atom stereocenters. The van der Waals surface area contributed by atoms with E-state index in [0.717, 1.165) is 0 Å². The van der Waals surface area contributed by atoms with Gasteiger partial charge in [-0.2, -0.15) is 11.8 Å². The van der Waals surface area contributed by atoms with Crippen molar-refractivity contribution in [1.29, 1.82) is 0 Å². The van der Waals surface area contributed by atoms with Gasteiger partial charge in [-0.25, -0.2) is 4.79 Å². The Kier molecular flexibility index (Phi) is 12.2. The number of aliphatic carboxylic acids is 1. The molecule has 0 radical (unpaired) electrons. The third kappa shape index (κ3) is 9.58. The van der Waals surface area contributed by atoms with Gasteiger partial charge in [-0.3, -0.25) is 19.2 Å². The molecule has 1 rings (SSSR count). The number of likely N-dealkylation sites (tertiary alicyclic amines) is 1. The Morgan fingerprint density at radius 2 is 1.73 bits per heavy atom. The standard InChI is InChI=1S/C21H37N5O6S/c1-12(2)11-15(25-18(28)13(22)8-10-33-3)19(29)24-14(6-7-17(23)27)20(30)26-9-4-5-16(26)21(31)32/h12-16H,4-11,22H2,1-3H3,(H2,23,27)(H,24,29)(H,25,28)(H,31,32). The number of carboxylic acids is 1. The molecule has 0 bridgehead atoms. The van der Waals surface area contributed by atoms with Gasteiger partial charge in [0.25, 0.3) is 0 Å². The lowest BCUT2D eigenvalue weighted by Gasteiger charge is -2.29. The molecule has 0 aromatic rings. The number of hydrogen-bond acceptors (Lipinski definition) is 7. The Balaban J connectivity index is 2.99. The predicted molar refractivity (Wildman–Crippen MR) is 125 cm³/mol. The van der Waals surface area contributed by atoms with Gasteiger partial charge in [-0.1, -0.05) is 13.8 Å². The van der Waals surface area contributed by atoms with E-state index in [1.165, 1.54) is 4.90 Å². The normalized spacial score (nSPS) is 18.5. The van der Waals surface area contributed by atoms with Gasteiger partial charge in [0.1, 0.15) is 18.1 Å². The van der Waals surface area contributed by atoms with Crippen molar-refractivity contribution in [3.8, 4) is 0 Å². The highest BCUT2D eigenvalue weighted by Gasteiger charge is 2.38. The van der Waals surface area contributed by atoms with Gasteiger partial charge in [-0.15, -0.1) is 0 Å². The molecule has 11 nitrogen and oxygen atoms in total. The summed E-state index contributed by atoms with van der Waals surface area (Å²) in [5, 5.41) is 14.7. The molecule has 1 heterocycles. The molecule has 7 N–H and O–H groups in total. The predicted octanol–water partition coefficient (Wildman–Crippen LogP) is -0.576. The number of amides is 4. The van der Waals surface area contributed by atoms with Gasteiger partial charge >= 0.3 is 5.97 Å². The molecule has 1 saturated heterocycles. The van der Waals surface area contributed by atoms with Crippen LogP contribution < -0.4 is 22.1 Å². The molecule has 12 heteroatoms. The third-order valence-corrected chi connectivity index (χ3v) is 6.07. The van der Waals surface area contributed by atoms with Gasteiger partial charge in [0.05, 0.1) is 6.04 Å². The van der Waals surface area contributed by atoms with Crippen molar-refractivity contribution in [2.75, 3.05) is 18.6 Å². The lowest BCUT2D eigenvalue weighted by atomic mass is 10.0. The number of rotatable bonds is 14. The number of primary amides is 1. The first-order valence-corrected chi connectivity index (χ1v) is 12.5. The van der Waals surface area contributed by atoms with Crippen molar-refractivity contribution < 1.29 is 29.1 Å². The Labute approximate surface area is 198 Å². The lowest BCUT2D eigenvalue weighted by molar-refractivity contribution is -0.149. The topological polar surface area (TPSA) is 185 Å². The highest BCUT2D eigenvalue weighted by Crippen LogP contribution is 2.20. The number of hydrogen-bond donors (Lipinski definition) is 5. The van der Waals surface area contributed by atoms with Crippen LogP contribution in [-0.2, 0) is 24.0 Å². The summed E-state index contributed by atoms with van der Waals surface area (Å²) in [6.07, 6.45) is 3.27. The van der Waals surface area contributed by atoms with Crippen LogP contribution in [0.5, 0.6) is 0 Å². The first-order chi connectivity index (χ1) is 15.5. The Hall–Kier alpha value is -2.34. The minimum atomic E-state index is -1.14. The van der Waals surface area contributed by atoms with Crippen molar-refractivity contribution in [2.45, 2.75) is 76.5 Å². The molecule has 1 aliphatic rings. The molecule has 0 aromatic heterocycles. The van der Waals surface area contributed by atoms with E-state index in [4.69, 9.17) is 11.5 Å². The molecular formula is C21H37N5O6S. The maximum Gasteiger partial charge on any atom is 0.326 e. The van der Waals surface area contributed by atoms with E-state index in [1.807, 2.05) is 20.1 Å². The third-order valence-electron chi connectivity index (χ3n) is 5.42. The van der Waals surface area contributed by atoms with E-state index >= 15 is 0 Å². The van der Waals surface area contributed by atoms with Crippen molar-refractivity contribution in [3.05, 3.63) is 0 Å². The van der Waals surface area contributed by atoms with E-state index in [-0.39, 0.29) is 25.3 Å². The van der Waals surface area contributed by atoms with Crippen molar-refractivity contribution in [1.82, 2.24) is 15.5 Å². The number of nitrogens with zero attached hydrogens (tertiary/aromatic N) is 1. The SMILES string of the molecule is CSCCC(N)C(=O)NC(CC(C)C)C(=O)NC(CCC(N)=O)C(=O)N1CCCC1C(=O)O. The monoisotopic (exact) mass is 487 g/mol. The van der Waals surface area contributed by atoms with Crippen LogP contribution in [0.15, 0.2) is 0 Å². The second-order valence-corrected chi connectivity index (χ2v) is 9.66.